The van der Waals surface area contributed by atoms with E-state index >= 15 is 0 Å². The van der Waals surface area contributed by atoms with Gasteiger partial charge in [0, 0.05) is 10.8 Å². The lowest BCUT2D eigenvalue weighted by atomic mass is 9.95. The van der Waals surface area contributed by atoms with Gasteiger partial charge in [-0.05, 0) is 50.5 Å². The first-order valence-electron chi connectivity index (χ1n) is 7.83. The second-order valence-electron chi connectivity index (χ2n) is 5.81. The average molecular weight is 307 g/mol. The molecule has 0 atom stereocenters. The molecule has 2 aliphatic rings. The van der Waals surface area contributed by atoms with Crippen molar-refractivity contribution in [2.45, 2.75) is 51.9 Å². The Bertz CT molecular complexity index is 560. The lowest BCUT2D eigenvalue weighted by Gasteiger charge is -2.12. The quantitative estimate of drug-likeness (QED) is 0.846. The Balaban J connectivity index is 1.87. The zero-order valence-corrected chi connectivity index (χ0v) is 13.2. The van der Waals surface area contributed by atoms with Gasteiger partial charge in [-0.1, -0.05) is 6.92 Å². The maximum atomic E-state index is 12.4. The fraction of sp³-hybridized carbons (Fsp3) is 0.625. The zero-order valence-electron chi connectivity index (χ0n) is 12.4. The predicted octanol–water partition coefficient (Wildman–Crippen LogP) is 3.54. The van der Waals surface area contributed by atoms with Crippen LogP contribution >= 0.6 is 11.3 Å². The van der Waals surface area contributed by atoms with Crippen LogP contribution in [0.3, 0.4) is 0 Å². The predicted molar refractivity (Wildman–Crippen MR) is 82.9 cm³/mol. The van der Waals surface area contributed by atoms with Gasteiger partial charge in [-0.3, -0.25) is 4.79 Å². The third-order valence-corrected chi connectivity index (χ3v) is 5.20. The molecular weight excluding hydrogens is 286 g/mol. The molecule has 3 rings (SSSR count). The minimum atomic E-state index is -0.276. The fourth-order valence-electron chi connectivity index (χ4n) is 2.70. The second kappa shape index (κ2) is 6.18. The minimum Gasteiger partial charge on any atom is -0.462 e. The molecule has 1 amide bonds. The van der Waals surface area contributed by atoms with E-state index in [1.165, 1.54) is 4.88 Å². The number of rotatable bonds is 5. The molecule has 1 aromatic heterocycles. The number of hydrogen-bond donors (Lipinski definition) is 1. The van der Waals surface area contributed by atoms with E-state index < -0.39 is 0 Å². The number of anilines is 1. The molecule has 0 aliphatic heterocycles. The number of nitrogens with one attached hydrogen (secondary N) is 1. The van der Waals surface area contributed by atoms with Crippen molar-refractivity contribution in [3.05, 3.63) is 16.0 Å². The maximum Gasteiger partial charge on any atom is 0.341 e. The molecule has 1 fully saturated rings. The van der Waals surface area contributed by atoms with Crippen LogP contribution in [0, 0.1) is 5.92 Å². The van der Waals surface area contributed by atoms with E-state index in [1.807, 2.05) is 6.92 Å². The third-order valence-electron chi connectivity index (χ3n) is 4.00. The molecule has 0 bridgehead atoms. The van der Waals surface area contributed by atoms with Crippen LogP contribution in [-0.2, 0) is 22.4 Å². The van der Waals surface area contributed by atoms with Crippen molar-refractivity contribution in [1.29, 1.82) is 0 Å². The molecule has 0 radical (unpaired) electrons. The van der Waals surface area contributed by atoms with E-state index in [0.717, 1.165) is 50.5 Å². The van der Waals surface area contributed by atoms with Gasteiger partial charge in [-0.25, -0.2) is 4.79 Å². The first-order valence-corrected chi connectivity index (χ1v) is 8.65. The molecule has 1 N–H and O–H groups in total. The summed E-state index contributed by atoms with van der Waals surface area (Å²) in [6, 6.07) is 0. The summed E-state index contributed by atoms with van der Waals surface area (Å²) in [7, 11) is 0. The highest BCUT2D eigenvalue weighted by Crippen LogP contribution is 2.40. The number of fused-ring (bicyclic) bond motifs is 1. The number of ether oxygens (including phenoxy) is 1. The number of carbonyl (C=O) groups is 2. The summed E-state index contributed by atoms with van der Waals surface area (Å²) in [5.74, 6) is -0.0795. The molecule has 1 saturated carbocycles. The summed E-state index contributed by atoms with van der Waals surface area (Å²) in [6.07, 6.45) is 6.93. The average Bonchev–Trinajstić information content (AvgIpc) is 3.26. The summed E-state index contributed by atoms with van der Waals surface area (Å²) in [4.78, 5) is 25.6. The zero-order chi connectivity index (χ0) is 14.8. The Hall–Kier alpha value is -1.36. The highest BCUT2D eigenvalue weighted by atomic mass is 32.1. The summed E-state index contributed by atoms with van der Waals surface area (Å²) in [6.45, 7) is 2.41. The van der Waals surface area contributed by atoms with E-state index in [9.17, 15) is 9.59 Å². The molecule has 1 heterocycles. The smallest absolute Gasteiger partial charge is 0.341 e. The fourth-order valence-corrected chi connectivity index (χ4v) is 3.98. The molecule has 114 valence electrons. The van der Waals surface area contributed by atoms with Gasteiger partial charge in [0.05, 0.1) is 12.2 Å². The second-order valence-corrected chi connectivity index (χ2v) is 6.92. The third kappa shape index (κ3) is 3.12. The van der Waals surface area contributed by atoms with Crippen LogP contribution in [0.15, 0.2) is 0 Å². The van der Waals surface area contributed by atoms with Crippen molar-refractivity contribution in [3.63, 3.8) is 0 Å². The van der Waals surface area contributed by atoms with Gasteiger partial charge in [-0.2, -0.15) is 0 Å². The number of esters is 1. The van der Waals surface area contributed by atoms with Crippen molar-refractivity contribution < 1.29 is 14.3 Å². The Kier molecular flexibility index (Phi) is 4.29. The van der Waals surface area contributed by atoms with Crippen molar-refractivity contribution in [2.75, 3.05) is 11.9 Å². The summed E-state index contributed by atoms with van der Waals surface area (Å²) in [5, 5.41) is 3.67. The Morgan fingerprint density at radius 2 is 2.05 bits per heavy atom. The number of thiophene rings is 1. The van der Waals surface area contributed by atoms with Crippen molar-refractivity contribution in [1.82, 2.24) is 0 Å². The molecular formula is C16H21NO3S. The molecule has 0 unspecified atom stereocenters. The van der Waals surface area contributed by atoms with Crippen molar-refractivity contribution >= 4 is 28.2 Å². The molecule has 1 aromatic rings. The molecule has 0 spiro atoms. The van der Waals surface area contributed by atoms with Crippen LogP contribution < -0.4 is 5.32 Å². The lowest BCUT2D eigenvalue weighted by Crippen LogP contribution is -2.16. The molecule has 4 nitrogen and oxygen atoms in total. The van der Waals surface area contributed by atoms with E-state index in [-0.39, 0.29) is 17.8 Å². The highest BCUT2D eigenvalue weighted by Gasteiger charge is 2.33. The van der Waals surface area contributed by atoms with Gasteiger partial charge in [0.25, 0.3) is 0 Å². The first-order chi connectivity index (χ1) is 10.2. The van der Waals surface area contributed by atoms with E-state index in [1.54, 1.807) is 11.3 Å². The summed E-state index contributed by atoms with van der Waals surface area (Å²) >= 11 is 1.56. The molecule has 5 heteroatoms. The van der Waals surface area contributed by atoms with Gasteiger partial charge < -0.3 is 10.1 Å². The number of carbonyl (C=O) groups excluding carboxylic acids is 2. The van der Waals surface area contributed by atoms with Crippen molar-refractivity contribution in [3.8, 4) is 0 Å². The normalized spacial score (nSPS) is 17.2. The van der Waals surface area contributed by atoms with Gasteiger partial charge in [0.1, 0.15) is 5.00 Å². The Labute approximate surface area is 128 Å². The number of aryl methyl sites for hydroxylation is 1. The summed E-state index contributed by atoms with van der Waals surface area (Å²) < 4.78 is 5.32. The Morgan fingerprint density at radius 3 is 2.76 bits per heavy atom. The number of amides is 1. The van der Waals surface area contributed by atoms with Crippen LogP contribution in [0.1, 0.15) is 59.8 Å². The number of hydrogen-bond acceptors (Lipinski definition) is 4. The molecule has 0 saturated heterocycles. The van der Waals surface area contributed by atoms with Gasteiger partial charge >= 0.3 is 5.97 Å². The SMILES string of the molecule is CCCOC(=O)c1c(NC(=O)C2CC2)sc2c1CCCC2. The minimum absolute atomic E-state index is 0.0538. The van der Waals surface area contributed by atoms with E-state index in [0.29, 0.717) is 17.2 Å². The molecule has 2 aliphatic carbocycles. The van der Waals surface area contributed by atoms with Crippen LogP contribution in [0.4, 0.5) is 5.00 Å². The monoisotopic (exact) mass is 307 g/mol. The highest BCUT2D eigenvalue weighted by molar-refractivity contribution is 7.17. The van der Waals surface area contributed by atoms with Gasteiger partial charge in [-0.15, -0.1) is 11.3 Å². The van der Waals surface area contributed by atoms with Crippen LogP contribution in [-0.4, -0.2) is 18.5 Å². The Morgan fingerprint density at radius 1 is 1.29 bits per heavy atom. The van der Waals surface area contributed by atoms with Gasteiger partial charge in [0.15, 0.2) is 0 Å². The molecule has 0 aromatic carbocycles. The molecule has 21 heavy (non-hydrogen) atoms. The topological polar surface area (TPSA) is 55.4 Å². The van der Waals surface area contributed by atoms with Crippen LogP contribution in [0.5, 0.6) is 0 Å². The standard InChI is InChI=1S/C16H21NO3S/c1-2-9-20-16(19)13-11-5-3-4-6-12(11)21-15(13)17-14(18)10-7-8-10/h10H,2-9H2,1H3,(H,17,18). The van der Waals surface area contributed by atoms with E-state index in [2.05, 4.69) is 5.32 Å². The maximum absolute atomic E-state index is 12.4. The van der Waals surface area contributed by atoms with Gasteiger partial charge in [0.2, 0.25) is 5.91 Å². The first kappa shape index (κ1) is 14.6. The van der Waals surface area contributed by atoms with Crippen molar-refractivity contribution in [2.24, 2.45) is 5.92 Å². The van der Waals surface area contributed by atoms with Crippen LogP contribution in [0.25, 0.3) is 0 Å². The summed E-state index contributed by atoms with van der Waals surface area (Å²) in [5.41, 5.74) is 1.73. The van der Waals surface area contributed by atoms with Crippen LogP contribution in [0.2, 0.25) is 0 Å². The largest absolute Gasteiger partial charge is 0.462 e. The lowest BCUT2D eigenvalue weighted by molar-refractivity contribution is -0.117. The van der Waals surface area contributed by atoms with E-state index in [4.69, 9.17) is 4.74 Å².